The summed E-state index contributed by atoms with van der Waals surface area (Å²) in [5.74, 6) is 0.475. The van der Waals surface area contributed by atoms with Crippen molar-refractivity contribution in [2.45, 2.75) is 45.7 Å². The first-order valence-electron chi connectivity index (χ1n) is 14.1. The fraction of sp³-hybridized carbons (Fsp3) is 0.333. The van der Waals surface area contributed by atoms with Gasteiger partial charge in [0.2, 0.25) is 0 Å². The lowest BCUT2D eigenvalue weighted by Gasteiger charge is -2.29. The van der Waals surface area contributed by atoms with Gasteiger partial charge < -0.3 is 24.4 Å². The highest BCUT2D eigenvalue weighted by Crippen LogP contribution is 2.44. The van der Waals surface area contributed by atoms with Crippen molar-refractivity contribution in [1.82, 2.24) is 14.9 Å². The van der Waals surface area contributed by atoms with Crippen LogP contribution in [0.25, 0.3) is 5.69 Å². The third-order valence-electron chi connectivity index (χ3n) is 8.21. The number of rotatable bonds is 6. The molecule has 2 atom stereocenters. The minimum absolute atomic E-state index is 0.0418. The Morgan fingerprint density at radius 3 is 2.23 bits per heavy atom. The molecule has 2 aromatic carbocycles. The largest absolute Gasteiger partial charge is 0.378 e. The summed E-state index contributed by atoms with van der Waals surface area (Å²) in [5, 5.41) is 4.33. The minimum Gasteiger partial charge on any atom is -0.378 e. The van der Waals surface area contributed by atoms with E-state index < -0.39 is 0 Å². The van der Waals surface area contributed by atoms with Crippen LogP contribution in [0.5, 0.6) is 0 Å². The fourth-order valence-electron chi connectivity index (χ4n) is 6.09. The first-order valence-corrected chi connectivity index (χ1v) is 14.6. The van der Waals surface area contributed by atoms with Crippen molar-refractivity contribution in [2.75, 3.05) is 36.1 Å². The van der Waals surface area contributed by atoms with E-state index in [0.29, 0.717) is 5.92 Å². The Kier molecular flexibility index (Phi) is 7.34. The van der Waals surface area contributed by atoms with Gasteiger partial charge in [0, 0.05) is 47.7 Å². The molecule has 1 N–H and O–H groups in total. The number of nitrogens with one attached hydrogen (secondary N) is 1. The summed E-state index contributed by atoms with van der Waals surface area (Å²) >= 11 is 5.98. The van der Waals surface area contributed by atoms with Crippen molar-refractivity contribution in [3.63, 3.8) is 0 Å². The normalized spacial score (nSPS) is 19.4. The standard InChI is InChI=1S/C33H37N5OS/c1-22(2)25-8-10-28(11-9-25)38-32(31(35-33(38)40)30-7-5-6-16-34-30)29-21-23(3)37(24(29)4)27-14-12-26(13-15-27)36-17-19-39-20-18-36/h5-16,21-22,31-32H,17-20H2,1-4H3,(H,35,40). The van der Waals surface area contributed by atoms with Crippen LogP contribution in [0.3, 0.4) is 0 Å². The van der Waals surface area contributed by atoms with Gasteiger partial charge in [-0.15, -0.1) is 0 Å². The second-order valence-corrected chi connectivity index (χ2v) is 11.4. The van der Waals surface area contributed by atoms with E-state index >= 15 is 0 Å². The molecule has 40 heavy (non-hydrogen) atoms. The van der Waals surface area contributed by atoms with Gasteiger partial charge >= 0.3 is 0 Å². The summed E-state index contributed by atoms with van der Waals surface area (Å²) in [6.45, 7) is 12.3. The molecule has 6 nitrogen and oxygen atoms in total. The zero-order valence-corrected chi connectivity index (χ0v) is 24.5. The molecule has 0 radical (unpaired) electrons. The lowest BCUT2D eigenvalue weighted by molar-refractivity contribution is 0.122. The van der Waals surface area contributed by atoms with E-state index in [1.807, 2.05) is 18.3 Å². The number of anilines is 2. The highest BCUT2D eigenvalue weighted by molar-refractivity contribution is 7.80. The van der Waals surface area contributed by atoms with Gasteiger partial charge in [-0.3, -0.25) is 4.98 Å². The van der Waals surface area contributed by atoms with Crippen molar-refractivity contribution in [3.8, 4) is 5.69 Å². The number of pyridine rings is 1. The Hall–Kier alpha value is -3.68. The molecule has 2 aliphatic rings. The van der Waals surface area contributed by atoms with Gasteiger partial charge in [-0.2, -0.15) is 0 Å². The van der Waals surface area contributed by atoms with Crippen molar-refractivity contribution >= 4 is 28.7 Å². The summed E-state index contributed by atoms with van der Waals surface area (Å²) in [6.07, 6.45) is 1.86. The first kappa shape index (κ1) is 26.5. The minimum atomic E-state index is -0.0730. The SMILES string of the molecule is Cc1cc(C2C(c3ccccn3)NC(=S)N2c2ccc(C(C)C)cc2)c(C)n1-c1ccc(N2CCOCC2)cc1. The first-order chi connectivity index (χ1) is 19.4. The van der Waals surface area contributed by atoms with Gasteiger partial charge in [0.1, 0.15) is 0 Å². The number of thiocarbonyl (C=S) groups is 1. The van der Waals surface area contributed by atoms with Crippen LogP contribution in [-0.2, 0) is 4.74 Å². The molecule has 4 aromatic rings. The lowest BCUT2D eigenvalue weighted by atomic mass is 9.96. The van der Waals surface area contributed by atoms with E-state index in [2.05, 4.69) is 108 Å². The smallest absolute Gasteiger partial charge is 0.174 e. The van der Waals surface area contributed by atoms with Crippen LogP contribution >= 0.6 is 12.2 Å². The summed E-state index contributed by atoms with van der Waals surface area (Å²) < 4.78 is 7.89. The maximum Gasteiger partial charge on any atom is 0.174 e. The average Bonchev–Trinajstić information content (AvgIpc) is 3.48. The number of morpholine rings is 1. The zero-order chi connectivity index (χ0) is 27.8. The van der Waals surface area contributed by atoms with E-state index in [1.165, 1.54) is 28.2 Å². The predicted octanol–water partition coefficient (Wildman–Crippen LogP) is 6.63. The van der Waals surface area contributed by atoms with E-state index in [4.69, 9.17) is 21.9 Å². The maximum absolute atomic E-state index is 5.98. The van der Waals surface area contributed by atoms with Crippen LogP contribution in [-0.4, -0.2) is 41.0 Å². The van der Waals surface area contributed by atoms with E-state index in [9.17, 15) is 0 Å². The molecule has 2 aromatic heterocycles. The zero-order valence-electron chi connectivity index (χ0n) is 23.7. The second-order valence-electron chi connectivity index (χ2n) is 11.0. The van der Waals surface area contributed by atoms with Gasteiger partial charge in [-0.1, -0.05) is 32.0 Å². The molecule has 7 heteroatoms. The highest BCUT2D eigenvalue weighted by atomic mass is 32.1. The molecule has 0 spiro atoms. The van der Waals surface area contributed by atoms with Crippen LogP contribution in [0.1, 0.15) is 60.1 Å². The number of hydrogen-bond donors (Lipinski definition) is 1. The Morgan fingerprint density at radius 2 is 1.57 bits per heavy atom. The topological polar surface area (TPSA) is 45.6 Å². The third-order valence-corrected chi connectivity index (χ3v) is 8.52. The molecular formula is C33H37N5OS. The molecule has 0 aliphatic carbocycles. The molecule has 206 valence electrons. The molecule has 0 saturated carbocycles. The number of benzene rings is 2. The number of hydrogen-bond acceptors (Lipinski definition) is 4. The lowest BCUT2D eigenvalue weighted by Crippen LogP contribution is -2.36. The van der Waals surface area contributed by atoms with Crippen molar-refractivity contribution in [3.05, 3.63) is 107 Å². The summed E-state index contributed by atoms with van der Waals surface area (Å²) in [6, 6.07) is 26.0. The van der Waals surface area contributed by atoms with Gasteiger partial charge in [0.05, 0.1) is 31.0 Å². The van der Waals surface area contributed by atoms with Gasteiger partial charge in [0.25, 0.3) is 0 Å². The molecule has 2 fully saturated rings. The molecule has 0 amide bonds. The average molecular weight is 552 g/mol. The number of aromatic nitrogens is 2. The monoisotopic (exact) mass is 551 g/mol. The number of ether oxygens (including phenoxy) is 1. The summed E-state index contributed by atoms with van der Waals surface area (Å²) in [5.41, 5.74) is 9.43. The highest BCUT2D eigenvalue weighted by Gasteiger charge is 2.42. The van der Waals surface area contributed by atoms with Crippen LogP contribution < -0.4 is 15.1 Å². The van der Waals surface area contributed by atoms with E-state index in [0.717, 1.165) is 48.5 Å². The number of aryl methyl sites for hydroxylation is 1. The molecule has 2 aliphatic heterocycles. The van der Waals surface area contributed by atoms with Crippen LogP contribution in [0.4, 0.5) is 11.4 Å². The quantitative estimate of drug-likeness (QED) is 0.272. The van der Waals surface area contributed by atoms with Crippen molar-refractivity contribution < 1.29 is 4.74 Å². The summed E-state index contributed by atoms with van der Waals surface area (Å²) in [7, 11) is 0. The molecular weight excluding hydrogens is 514 g/mol. The van der Waals surface area contributed by atoms with Gasteiger partial charge in [-0.05, 0) is 97.7 Å². The molecule has 0 bridgehead atoms. The van der Waals surface area contributed by atoms with Crippen molar-refractivity contribution in [1.29, 1.82) is 0 Å². The Bertz CT molecular complexity index is 1470. The second kappa shape index (κ2) is 11.1. The van der Waals surface area contributed by atoms with Gasteiger partial charge in [0.15, 0.2) is 5.11 Å². The van der Waals surface area contributed by atoms with Crippen LogP contribution in [0, 0.1) is 13.8 Å². The van der Waals surface area contributed by atoms with Crippen molar-refractivity contribution in [2.24, 2.45) is 0 Å². The molecule has 2 unspecified atom stereocenters. The predicted molar refractivity (Wildman–Crippen MR) is 167 cm³/mol. The molecule has 2 saturated heterocycles. The Morgan fingerprint density at radius 1 is 0.900 bits per heavy atom. The third kappa shape index (κ3) is 4.88. The van der Waals surface area contributed by atoms with E-state index in [1.54, 1.807) is 0 Å². The van der Waals surface area contributed by atoms with E-state index in [-0.39, 0.29) is 12.1 Å². The number of nitrogens with zero attached hydrogens (tertiary/aromatic N) is 4. The Balaban J connectivity index is 1.40. The fourth-order valence-corrected chi connectivity index (χ4v) is 6.43. The molecule has 4 heterocycles. The Labute approximate surface area is 242 Å². The van der Waals surface area contributed by atoms with Gasteiger partial charge in [-0.25, -0.2) is 0 Å². The summed E-state index contributed by atoms with van der Waals surface area (Å²) in [4.78, 5) is 9.40. The van der Waals surface area contributed by atoms with Crippen LogP contribution in [0.2, 0.25) is 0 Å². The maximum atomic E-state index is 5.98. The molecule has 6 rings (SSSR count). The van der Waals surface area contributed by atoms with Crippen LogP contribution in [0.15, 0.2) is 79.0 Å².